The Kier molecular flexibility index (Phi) is 6.31. The minimum atomic E-state index is -3.83. The van der Waals surface area contributed by atoms with E-state index in [1.54, 1.807) is 43.4 Å². The minimum absolute atomic E-state index is 0.0270. The maximum Gasteiger partial charge on any atom is 0.265 e. The largest absolute Gasteiger partial charge is 0.496 e. The zero-order chi connectivity index (χ0) is 23.8. The number of thiazole rings is 1. The van der Waals surface area contributed by atoms with E-state index in [4.69, 9.17) is 9.47 Å². The Morgan fingerprint density at radius 2 is 2.00 bits per heavy atom. The van der Waals surface area contributed by atoms with Crippen LogP contribution in [0.5, 0.6) is 11.5 Å². The zero-order valence-electron chi connectivity index (χ0n) is 18.8. The molecule has 0 fully saturated rings. The van der Waals surface area contributed by atoms with E-state index < -0.39 is 10.0 Å². The first-order valence-electron chi connectivity index (χ1n) is 10.4. The molecule has 2 aromatic carbocycles. The number of benzene rings is 2. The standard InChI is InChI=1S/C23H25N3O5S2/c1-5-8-26-18-11-16(6-7-19(18)31-12-22(26)27)17-13-32-23(24-17)25-33(28,29)21-10-14(2)20(30-4)9-15(21)3/h6-7,9-11,13H,5,8,12H2,1-4H3,(H,24,25). The summed E-state index contributed by atoms with van der Waals surface area (Å²) in [7, 11) is -2.28. The molecule has 0 saturated heterocycles. The molecule has 0 atom stereocenters. The van der Waals surface area contributed by atoms with Gasteiger partial charge in [0, 0.05) is 17.5 Å². The number of amides is 1. The van der Waals surface area contributed by atoms with Crippen LogP contribution in [0.3, 0.4) is 0 Å². The van der Waals surface area contributed by atoms with Crippen LogP contribution in [0.2, 0.25) is 0 Å². The van der Waals surface area contributed by atoms with E-state index in [2.05, 4.69) is 9.71 Å². The van der Waals surface area contributed by atoms with Gasteiger partial charge < -0.3 is 14.4 Å². The average molecular weight is 488 g/mol. The third-order valence-corrected chi connectivity index (χ3v) is 7.72. The van der Waals surface area contributed by atoms with E-state index >= 15 is 0 Å². The average Bonchev–Trinajstić information content (AvgIpc) is 3.24. The number of hydrogen-bond acceptors (Lipinski definition) is 7. The molecule has 1 aliphatic rings. The molecule has 0 radical (unpaired) electrons. The first kappa shape index (κ1) is 23.1. The molecule has 0 saturated carbocycles. The zero-order valence-corrected chi connectivity index (χ0v) is 20.5. The van der Waals surface area contributed by atoms with Gasteiger partial charge in [0.1, 0.15) is 11.5 Å². The quantitative estimate of drug-likeness (QED) is 0.531. The predicted octanol–water partition coefficient (Wildman–Crippen LogP) is 4.37. The fraction of sp³-hybridized carbons (Fsp3) is 0.304. The molecule has 0 unspecified atom stereocenters. The van der Waals surface area contributed by atoms with Crippen LogP contribution >= 0.6 is 11.3 Å². The number of carbonyl (C=O) groups excluding carboxylic acids is 1. The van der Waals surface area contributed by atoms with E-state index in [9.17, 15) is 13.2 Å². The first-order chi connectivity index (χ1) is 15.7. The highest BCUT2D eigenvalue weighted by Gasteiger charge is 2.26. The van der Waals surface area contributed by atoms with Crippen LogP contribution in [0.1, 0.15) is 24.5 Å². The normalized spacial score (nSPS) is 13.5. The Morgan fingerprint density at radius 3 is 2.73 bits per heavy atom. The topological polar surface area (TPSA) is 97.8 Å². The molecule has 8 nitrogen and oxygen atoms in total. The van der Waals surface area contributed by atoms with Crippen molar-refractivity contribution >= 4 is 38.1 Å². The van der Waals surface area contributed by atoms with Crippen molar-refractivity contribution in [1.82, 2.24) is 4.98 Å². The molecule has 0 aliphatic carbocycles. The van der Waals surface area contributed by atoms with Crippen molar-refractivity contribution in [1.29, 1.82) is 0 Å². The fourth-order valence-electron chi connectivity index (χ4n) is 3.73. The van der Waals surface area contributed by atoms with Gasteiger partial charge in [-0.2, -0.15) is 0 Å². The van der Waals surface area contributed by atoms with Gasteiger partial charge in [0.05, 0.1) is 23.4 Å². The summed E-state index contributed by atoms with van der Waals surface area (Å²) in [6.45, 7) is 6.16. The molecular weight excluding hydrogens is 462 g/mol. The maximum atomic E-state index is 13.0. The Morgan fingerprint density at radius 1 is 1.21 bits per heavy atom. The van der Waals surface area contributed by atoms with E-state index in [-0.39, 0.29) is 22.5 Å². The van der Waals surface area contributed by atoms with Crippen molar-refractivity contribution in [3.8, 4) is 22.8 Å². The van der Waals surface area contributed by atoms with Gasteiger partial charge in [-0.1, -0.05) is 6.92 Å². The molecule has 4 rings (SSSR count). The number of nitrogens with one attached hydrogen (secondary N) is 1. The Labute approximate surface area is 197 Å². The number of sulfonamides is 1. The number of carbonyl (C=O) groups is 1. The first-order valence-corrected chi connectivity index (χ1v) is 12.8. The second-order valence-electron chi connectivity index (χ2n) is 7.75. The lowest BCUT2D eigenvalue weighted by Crippen LogP contribution is -2.39. The van der Waals surface area contributed by atoms with Crippen LogP contribution in [0.15, 0.2) is 40.6 Å². The van der Waals surface area contributed by atoms with Crippen LogP contribution < -0.4 is 19.1 Å². The van der Waals surface area contributed by atoms with Gasteiger partial charge in [-0.15, -0.1) is 11.3 Å². The smallest absolute Gasteiger partial charge is 0.265 e. The molecule has 0 spiro atoms. The summed E-state index contributed by atoms with van der Waals surface area (Å²) in [4.78, 5) is 18.7. The van der Waals surface area contributed by atoms with Gasteiger partial charge in [0.15, 0.2) is 11.7 Å². The summed E-state index contributed by atoms with van der Waals surface area (Å²) < 4.78 is 39.4. The van der Waals surface area contributed by atoms with Gasteiger partial charge in [-0.25, -0.2) is 13.4 Å². The van der Waals surface area contributed by atoms with Gasteiger partial charge in [0.25, 0.3) is 15.9 Å². The summed E-state index contributed by atoms with van der Waals surface area (Å²) in [6, 6.07) is 8.81. The highest BCUT2D eigenvalue weighted by molar-refractivity contribution is 7.93. The fourth-order valence-corrected chi connectivity index (χ4v) is 6.01. The third kappa shape index (κ3) is 4.53. The molecule has 1 aliphatic heterocycles. The Bertz CT molecular complexity index is 1320. The van der Waals surface area contributed by atoms with Crippen molar-refractivity contribution in [2.75, 3.05) is 29.9 Å². The van der Waals surface area contributed by atoms with Crippen LogP contribution in [-0.2, 0) is 14.8 Å². The molecule has 2 heterocycles. The SMILES string of the molecule is CCCN1C(=O)COc2ccc(-c3csc(NS(=O)(=O)c4cc(C)c(OC)cc4C)n3)cc21. The summed E-state index contributed by atoms with van der Waals surface area (Å²) in [5.74, 6) is 1.20. The van der Waals surface area contributed by atoms with Gasteiger partial charge >= 0.3 is 0 Å². The molecule has 1 amide bonds. The second kappa shape index (κ2) is 9.03. The summed E-state index contributed by atoms with van der Waals surface area (Å²) in [5, 5.41) is 2.04. The predicted molar refractivity (Wildman–Crippen MR) is 129 cm³/mol. The number of fused-ring (bicyclic) bond motifs is 1. The molecule has 1 aromatic heterocycles. The van der Waals surface area contributed by atoms with E-state index in [0.29, 0.717) is 35.0 Å². The molecule has 0 bridgehead atoms. The number of ether oxygens (including phenoxy) is 2. The number of nitrogens with zero attached hydrogens (tertiary/aromatic N) is 2. The monoisotopic (exact) mass is 487 g/mol. The van der Waals surface area contributed by atoms with Crippen molar-refractivity contribution < 1.29 is 22.7 Å². The van der Waals surface area contributed by atoms with E-state index in [1.165, 1.54) is 11.3 Å². The molecular formula is C23H25N3O5S2. The number of anilines is 2. The van der Waals surface area contributed by atoms with Gasteiger partial charge in [-0.3, -0.25) is 9.52 Å². The maximum absolute atomic E-state index is 13.0. The Hall–Kier alpha value is -3.11. The second-order valence-corrected chi connectivity index (χ2v) is 10.3. The lowest BCUT2D eigenvalue weighted by Gasteiger charge is -2.29. The van der Waals surface area contributed by atoms with E-state index in [1.807, 2.05) is 25.1 Å². The minimum Gasteiger partial charge on any atom is -0.496 e. The molecule has 10 heteroatoms. The van der Waals surface area contributed by atoms with Crippen LogP contribution in [0.25, 0.3) is 11.3 Å². The van der Waals surface area contributed by atoms with Crippen molar-refractivity contribution in [3.63, 3.8) is 0 Å². The Balaban J connectivity index is 1.62. The van der Waals surface area contributed by atoms with E-state index in [0.717, 1.165) is 17.5 Å². The number of methoxy groups -OCH3 is 1. The van der Waals surface area contributed by atoms with Crippen molar-refractivity contribution in [2.24, 2.45) is 0 Å². The van der Waals surface area contributed by atoms with Crippen LogP contribution in [0.4, 0.5) is 10.8 Å². The van der Waals surface area contributed by atoms with Crippen LogP contribution in [-0.4, -0.2) is 39.6 Å². The van der Waals surface area contributed by atoms with Gasteiger partial charge in [-0.05, 0) is 61.7 Å². The molecule has 33 heavy (non-hydrogen) atoms. The van der Waals surface area contributed by atoms with Crippen molar-refractivity contribution in [3.05, 3.63) is 46.8 Å². The van der Waals surface area contributed by atoms with Crippen LogP contribution in [0, 0.1) is 13.8 Å². The third-order valence-electron chi connectivity index (χ3n) is 5.35. The van der Waals surface area contributed by atoms with Crippen molar-refractivity contribution in [2.45, 2.75) is 32.1 Å². The number of aryl methyl sites for hydroxylation is 2. The van der Waals surface area contributed by atoms with Gasteiger partial charge in [0.2, 0.25) is 0 Å². The highest BCUT2D eigenvalue weighted by Crippen LogP contribution is 2.37. The summed E-state index contributed by atoms with van der Waals surface area (Å²) >= 11 is 1.19. The summed E-state index contributed by atoms with van der Waals surface area (Å²) in [5.41, 5.74) is 3.39. The molecule has 174 valence electrons. The number of hydrogen-bond donors (Lipinski definition) is 1. The summed E-state index contributed by atoms with van der Waals surface area (Å²) in [6.07, 6.45) is 0.822. The molecule has 3 aromatic rings. The lowest BCUT2D eigenvalue weighted by atomic mass is 10.1. The highest BCUT2D eigenvalue weighted by atomic mass is 32.2. The lowest BCUT2D eigenvalue weighted by molar-refractivity contribution is -0.121. The molecule has 1 N–H and O–H groups in total. The number of aromatic nitrogens is 1. The number of rotatable bonds is 7.